The minimum absolute atomic E-state index is 0.0809. The van der Waals surface area contributed by atoms with Gasteiger partial charge in [-0.2, -0.15) is 4.98 Å². The third kappa shape index (κ3) is 4.14. The predicted molar refractivity (Wildman–Crippen MR) is 127 cm³/mol. The number of fused-ring (bicyclic) bond motifs is 3. The number of aromatic nitrogens is 2. The third-order valence-electron chi connectivity index (χ3n) is 5.17. The first kappa shape index (κ1) is 21.6. The molecule has 0 aliphatic carbocycles. The van der Waals surface area contributed by atoms with Gasteiger partial charge in [0.05, 0.1) is 27.1 Å². The number of benzene rings is 1. The van der Waals surface area contributed by atoms with Gasteiger partial charge in [-0.1, -0.05) is 11.6 Å². The van der Waals surface area contributed by atoms with E-state index in [1.165, 1.54) is 0 Å². The van der Waals surface area contributed by atoms with Crippen molar-refractivity contribution in [2.45, 2.75) is 51.3 Å². The van der Waals surface area contributed by atoms with Crippen LogP contribution in [0, 0.1) is 3.57 Å². The highest BCUT2D eigenvalue weighted by atomic mass is 127. The second-order valence-corrected chi connectivity index (χ2v) is 11.0. The quantitative estimate of drug-likeness (QED) is 0.228. The number of rotatable bonds is 1. The summed E-state index contributed by atoms with van der Waals surface area (Å²) in [6, 6.07) is 2.18. The maximum atomic E-state index is 12.7. The van der Waals surface area contributed by atoms with E-state index in [9.17, 15) is 4.79 Å². The minimum Gasteiger partial charge on any atom is -0.444 e. The van der Waals surface area contributed by atoms with Gasteiger partial charge < -0.3 is 9.64 Å². The topological polar surface area (TPSA) is 58.6 Å². The lowest BCUT2D eigenvalue weighted by molar-refractivity contribution is 0.0123. The predicted octanol–water partition coefficient (Wildman–Crippen LogP) is 5.89. The molecule has 0 spiro atoms. The van der Waals surface area contributed by atoms with E-state index in [0.29, 0.717) is 23.6 Å². The Morgan fingerprint density at radius 2 is 1.86 bits per heavy atom. The van der Waals surface area contributed by atoms with Crippen molar-refractivity contribution in [2.75, 3.05) is 18.0 Å². The highest BCUT2D eigenvalue weighted by Crippen LogP contribution is 2.40. The molecule has 156 valence electrons. The average molecular weight is 614 g/mol. The molecule has 6 nitrogen and oxygen atoms in total. The van der Waals surface area contributed by atoms with Crippen molar-refractivity contribution in [3.63, 3.8) is 0 Å². The largest absolute Gasteiger partial charge is 0.444 e. The molecule has 1 unspecified atom stereocenters. The number of piperazine rings is 1. The summed E-state index contributed by atoms with van der Waals surface area (Å²) in [6.45, 7) is 7.01. The van der Waals surface area contributed by atoms with Crippen molar-refractivity contribution in [1.29, 1.82) is 0 Å². The zero-order chi connectivity index (χ0) is 21.1. The Balaban J connectivity index is 1.68. The first-order chi connectivity index (χ1) is 13.5. The second-order valence-electron chi connectivity index (χ2n) is 8.38. The number of halogens is 4. The van der Waals surface area contributed by atoms with E-state index in [-0.39, 0.29) is 23.5 Å². The molecule has 0 radical (unpaired) electrons. The van der Waals surface area contributed by atoms with Gasteiger partial charge in [0.2, 0.25) is 5.28 Å². The van der Waals surface area contributed by atoms with Crippen LogP contribution in [0.1, 0.15) is 33.6 Å². The van der Waals surface area contributed by atoms with Crippen LogP contribution in [0.25, 0.3) is 10.9 Å². The van der Waals surface area contributed by atoms with Crippen LogP contribution in [0.5, 0.6) is 0 Å². The summed E-state index contributed by atoms with van der Waals surface area (Å²) >= 11 is 18.5. The molecule has 2 aliphatic heterocycles. The van der Waals surface area contributed by atoms with Gasteiger partial charge >= 0.3 is 6.09 Å². The van der Waals surface area contributed by atoms with Crippen LogP contribution in [-0.2, 0) is 4.74 Å². The van der Waals surface area contributed by atoms with Gasteiger partial charge in [-0.05, 0) is 89.8 Å². The van der Waals surface area contributed by atoms with Crippen molar-refractivity contribution in [3.05, 3.63) is 24.4 Å². The number of hydrogen-bond donors (Lipinski definition) is 0. The van der Waals surface area contributed by atoms with Gasteiger partial charge in [-0.15, -0.1) is 0 Å². The summed E-state index contributed by atoms with van der Waals surface area (Å²) in [6.07, 6.45) is 1.65. The zero-order valence-corrected chi connectivity index (χ0v) is 21.4. The summed E-state index contributed by atoms with van der Waals surface area (Å²) in [5, 5.41) is 1.54. The maximum absolute atomic E-state index is 12.7. The number of anilines is 1. The Labute approximate surface area is 201 Å². The standard InChI is InChI=1S/C19H20BrCl2IN4O2/c1-19(2,3)29-18(28)27-9-4-5-10(27)8-26(7-9)16-11-6-12(23)13(20)14(21)15(11)24-17(22)25-16/h6,9-10H,4-5,7-8H2,1-3H3/t9-,10?/m0/s1. The van der Waals surface area contributed by atoms with E-state index in [4.69, 9.17) is 27.9 Å². The third-order valence-corrected chi connectivity index (χ3v) is 8.35. The average Bonchev–Trinajstić information content (AvgIpc) is 2.89. The Morgan fingerprint density at radius 3 is 2.45 bits per heavy atom. The number of nitrogens with zero attached hydrogens (tertiary/aromatic N) is 4. The van der Waals surface area contributed by atoms with Crippen LogP contribution >= 0.6 is 61.7 Å². The lowest BCUT2D eigenvalue weighted by atomic mass is 10.1. The van der Waals surface area contributed by atoms with Crippen molar-refractivity contribution in [2.24, 2.45) is 0 Å². The monoisotopic (exact) mass is 612 g/mol. The highest BCUT2D eigenvalue weighted by Gasteiger charge is 2.45. The minimum atomic E-state index is -0.509. The van der Waals surface area contributed by atoms with Crippen molar-refractivity contribution in [1.82, 2.24) is 14.9 Å². The van der Waals surface area contributed by atoms with Gasteiger partial charge in [-0.25, -0.2) is 9.78 Å². The Hall–Kier alpha value is -0.580. The molecule has 1 aromatic heterocycles. The van der Waals surface area contributed by atoms with Crippen LogP contribution in [-0.4, -0.2) is 51.7 Å². The summed E-state index contributed by atoms with van der Waals surface area (Å²) < 4.78 is 7.40. The molecule has 2 saturated heterocycles. The smallest absolute Gasteiger partial charge is 0.410 e. The Morgan fingerprint density at radius 1 is 1.24 bits per heavy atom. The molecular formula is C19H20BrCl2IN4O2. The molecule has 2 atom stereocenters. The van der Waals surface area contributed by atoms with Crippen molar-refractivity contribution in [3.8, 4) is 0 Å². The molecule has 29 heavy (non-hydrogen) atoms. The summed E-state index contributed by atoms with van der Waals surface area (Å²) in [4.78, 5) is 25.7. The molecule has 1 aromatic carbocycles. The van der Waals surface area contributed by atoms with E-state index in [1.807, 2.05) is 31.7 Å². The van der Waals surface area contributed by atoms with Crippen LogP contribution in [0.4, 0.5) is 10.6 Å². The van der Waals surface area contributed by atoms with Crippen molar-refractivity contribution >= 4 is 84.5 Å². The summed E-state index contributed by atoms with van der Waals surface area (Å²) in [5.74, 6) is 0.757. The van der Waals surface area contributed by atoms with Crippen LogP contribution in [0.15, 0.2) is 10.5 Å². The molecular weight excluding hydrogens is 594 g/mol. The van der Waals surface area contributed by atoms with Crippen LogP contribution in [0.2, 0.25) is 10.3 Å². The van der Waals surface area contributed by atoms with Crippen LogP contribution < -0.4 is 4.90 Å². The SMILES string of the molecule is CC(C)(C)OC(=O)N1C2CC[C@H]1CN(c1nc(Cl)nc3c(Cl)c(Br)c(I)cc13)C2. The van der Waals surface area contributed by atoms with E-state index in [0.717, 1.165) is 32.1 Å². The first-order valence-electron chi connectivity index (χ1n) is 9.32. The fourth-order valence-electron chi connectivity index (χ4n) is 4.06. The van der Waals surface area contributed by atoms with E-state index >= 15 is 0 Å². The molecule has 1 amide bonds. The van der Waals surface area contributed by atoms with Gasteiger partial charge in [0, 0.05) is 22.0 Å². The van der Waals surface area contributed by atoms with E-state index < -0.39 is 5.60 Å². The first-order valence-corrected chi connectivity index (χ1v) is 11.9. The van der Waals surface area contributed by atoms with Crippen LogP contribution in [0.3, 0.4) is 0 Å². The highest BCUT2D eigenvalue weighted by molar-refractivity contribution is 14.1. The fraction of sp³-hybridized carbons (Fsp3) is 0.526. The van der Waals surface area contributed by atoms with E-state index in [1.54, 1.807) is 0 Å². The van der Waals surface area contributed by atoms with Gasteiger partial charge in [0.1, 0.15) is 11.4 Å². The normalized spacial score (nSPS) is 21.8. The molecule has 2 fully saturated rings. The molecule has 2 aromatic rings. The fourth-order valence-corrected chi connectivity index (χ4v) is 5.51. The number of hydrogen-bond acceptors (Lipinski definition) is 5. The Kier molecular flexibility index (Phi) is 5.85. The summed E-state index contributed by atoms with van der Waals surface area (Å²) in [5.41, 5.74) is 0.112. The van der Waals surface area contributed by atoms with E-state index in [2.05, 4.69) is 53.4 Å². The molecule has 2 bridgehead atoms. The number of carbonyl (C=O) groups excluding carboxylic acids is 1. The Bertz CT molecular complexity index is 987. The molecule has 2 aliphatic rings. The molecule has 0 N–H and O–H groups in total. The maximum Gasteiger partial charge on any atom is 0.410 e. The molecule has 0 saturated carbocycles. The molecule has 4 rings (SSSR count). The second kappa shape index (κ2) is 7.84. The molecule has 3 heterocycles. The van der Waals surface area contributed by atoms with Crippen molar-refractivity contribution < 1.29 is 9.53 Å². The number of carbonyl (C=O) groups is 1. The zero-order valence-electron chi connectivity index (χ0n) is 16.2. The summed E-state index contributed by atoms with van der Waals surface area (Å²) in [7, 11) is 0. The number of ether oxygens (including phenoxy) is 1. The lowest BCUT2D eigenvalue weighted by Gasteiger charge is -2.42. The van der Waals surface area contributed by atoms with Gasteiger partial charge in [0.25, 0.3) is 0 Å². The van der Waals surface area contributed by atoms with Gasteiger partial charge in [-0.3, -0.25) is 4.90 Å². The molecule has 10 heteroatoms. The number of amides is 1. The lowest BCUT2D eigenvalue weighted by Crippen LogP contribution is -2.57. The van der Waals surface area contributed by atoms with Gasteiger partial charge in [0.15, 0.2) is 0 Å².